The van der Waals surface area contributed by atoms with Gasteiger partial charge >= 0.3 is 0 Å². The van der Waals surface area contributed by atoms with Crippen molar-refractivity contribution in [1.82, 2.24) is 15.5 Å². The predicted octanol–water partition coefficient (Wildman–Crippen LogP) is 2.51. The van der Waals surface area contributed by atoms with Crippen LogP contribution in [0.3, 0.4) is 0 Å². The number of hydrogen-bond acceptors (Lipinski definition) is 4. The maximum Gasteiger partial charge on any atom is 0.252 e. The number of amides is 2. The van der Waals surface area contributed by atoms with Crippen LogP contribution in [0.1, 0.15) is 28.8 Å². The van der Waals surface area contributed by atoms with Crippen LogP contribution in [0, 0.1) is 0 Å². The van der Waals surface area contributed by atoms with Gasteiger partial charge in [0.1, 0.15) is 0 Å². The summed E-state index contributed by atoms with van der Waals surface area (Å²) in [5, 5.41) is 9.30. The third-order valence-electron chi connectivity index (χ3n) is 3.76. The second kappa shape index (κ2) is 10.6. The van der Waals surface area contributed by atoms with Crippen LogP contribution in [0.4, 0.5) is 0 Å². The average Bonchev–Trinajstić information content (AvgIpc) is 3.14. The number of rotatable bonds is 10. The molecule has 0 radical (unpaired) electrons. The zero-order valence-electron chi connectivity index (χ0n) is 14.5. The van der Waals surface area contributed by atoms with E-state index in [0.717, 1.165) is 19.5 Å². The van der Waals surface area contributed by atoms with Crippen LogP contribution in [-0.2, 0) is 11.3 Å². The molecule has 6 heteroatoms. The molecule has 0 saturated heterocycles. The van der Waals surface area contributed by atoms with Crippen molar-refractivity contribution in [2.75, 3.05) is 26.7 Å². The van der Waals surface area contributed by atoms with Gasteiger partial charge in [-0.25, -0.2) is 0 Å². The topological polar surface area (TPSA) is 61.4 Å². The fourth-order valence-electron chi connectivity index (χ4n) is 2.42. The molecule has 2 amide bonds. The summed E-state index contributed by atoms with van der Waals surface area (Å²) in [6.07, 6.45) is 1.20. The Bertz CT molecular complexity index is 644. The molecule has 25 heavy (non-hydrogen) atoms. The van der Waals surface area contributed by atoms with E-state index in [-0.39, 0.29) is 11.8 Å². The predicted molar refractivity (Wildman–Crippen MR) is 102 cm³/mol. The van der Waals surface area contributed by atoms with Gasteiger partial charge in [-0.3, -0.25) is 9.59 Å². The van der Waals surface area contributed by atoms with E-state index >= 15 is 0 Å². The molecule has 0 unspecified atom stereocenters. The Morgan fingerprint density at radius 2 is 1.88 bits per heavy atom. The van der Waals surface area contributed by atoms with Gasteiger partial charge in [-0.05, 0) is 37.0 Å². The number of nitrogens with zero attached hydrogens (tertiary/aromatic N) is 1. The van der Waals surface area contributed by atoms with E-state index in [1.807, 2.05) is 23.6 Å². The minimum Gasteiger partial charge on any atom is -0.356 e. The van der Waals surface area contributed by atoms with Gasteiger partial charge in [-0.1, -0.05) is 30.3 Å². The third-order valence-corrected chi connectivity index (χ3v) is 4.44. The van der Waals surface area contributed by atoms with Gasteiger partial charge in [-0.2, -0.15) is 11.3 Å². The maximum absolute atomic E-state index is 11.8. The highest BCUT2D eigenvalue weighted by molar-refractivity contribution is 7.08. The zero-order chi connectivity index (χ0) is 17.9. The molecule has 1 aromatic heterocycles. The van der Waals surface area contributed by atoms with E-state index in [1.54, 1.807) is 11.4 Å². The Hall–Kier alpha value is -2.18. The lowest BCUT2D eigenvalue weighted by atomic mass is 10.2. The highest BCUT2D eigenvalue weighted by Crippen LogP contribution is 2.05. The highest BCUT2D eigenvalue weighted by Gasteiger charge is 2.07. The molecular weight excluding hydrogens is 334 g/mol. The standard InChI is InChI=1S/C19H25N3O2S/c1-22(14-16-6-3-2-4-7-16)12-5-10-20-18(23)8-11-21-19(24)17-9-13-25-15-17/h2-4,6-7,9,13,15H,5,8,10-12,14H2,1H3,(H,20,23)(H,21,24). The summed E-state index contributed by atoms with van der Waals surface area (Å²) in [4.78, 5) is 25.7. The van der Waals surface area contributed by atoms with Crippen LogP contribution in [0.5, 0.6) is 0 Å². The Kier molecular flexibility index (Phi) is 8.15. The molecule has 0 atom stereocenters. The first-order valence-electron chi connectivity index (χ1n) is 8.44. The minimum absolute atomic E-state index is 0.0312. The van der Waals surface area contributed by atoms with Gasteiger partial charge in [-0.15, -0.1) is 0 Å². The lowest BCUT2D eigenvalue weighted by Crippen LogP contribution is -2.32. The number of benzene rings is 1. The highest BCUT2D eigenvalue weighted by atomic mass is 32.1. The molecule has 2 N–H and O–H groups in total. The Morgan fingerprint density at radius 1 is 1.08 bits per heavy atom. The van der Waals surface area contributed by atoms with Crippen molar-refractivity contribution in [2.45, 2.75) is 19.4 Å². The maximum atomic E-state index is 11.8. The molecule has 1 aromatic carbocycles. The van der Waals surface area contributed by atoms with Gasteiger partial charge in [0.15, 0.2) is 0 Å². The molecule has 0 aliphatic carbocycles. The lowest BCUT2D eigenvalue weighted by Gasteiger charge is -2.16. The Morgan fingerprint density at radius 3 is 2.60 bits per heavy atom. The number of nitrogens with one attached hydrogen (secondary N) is 2. The third kappa shape index (κ3) is 7.49. The first-order chi connectivity index (χ1) is 12.1. The van der Waals surface area contributed by atoms with Crippen LogP contribution in [0.15, 0.2) is 47.2 Å². The van der Waals surface area contributed by atoms with Crippen molar-refractivity contribution in [1.29, 1.82) is 0 Å². The van der Waals surface area contributed by atoms with Crippen LogP contribution >= 0.6 is 11.3 Å². The summed E-state index contributed by atoms with van der Waals surface area (Å²) in [6, 6.07) is 12.1. The summed E-state index contributed by atoms with van der Waals surface area (Å²) in [6.45, 7) is 2.83. The smallest absolute Gasteiger partial charge is 0.252 e. The molecule has 5 nitrogen and oxygen atoms in total. The van der Waals surface area contributed by atoms with Gasteiger partial charge < -0.3 is 15.5 Å². The quantitative estimate of drug-likeness (QED) is 0.641. The van der Waals surface area contributed by atoms with Crippen molar-refractivity contribution >= 4 is 23.2 Å². The van der Waals surface area contributed by atoms with Gasteiger partial charge in [0.25, 0.3) is 5.91 Å². The van der Waals surface area contributed by atoms with Crippen molar-refractivity contribution in [2.24, 2.45) is 0 Å². The molecule has 134 valence electrons. The monoisotopic (exact) mass is 359 g/mol. The van der Waals surface area contributed by atoms with E-state index in [9.17, 15) is 9.59 Å². The van der Waals surface area contributed by atoms with Crippen molar-refractivity contribution in [3.05, 3.63) is 58.3 Å². The molecule has 0 bridgehead atoms. The molecule has 0 aliphatic rings. The van der Waals surface area contributed by atoms with Gasteiger partial charge in [0, 0.05) is 37.0 Å². The SMILES string of the molecule is CN(CCCNC(=O)CCNC(=O)c1ccsc1)Cc1ccccc1. The first kappa shape index (κ1) is 19.1. The van der Waals surface area contributed by atoms with Crippen molar-refractivity contribution in [3.8, 4) is 0 Å². The number of carbonyl (C=O) groups is 2. The molecule has 0 fully saturated rings. The van der Waals surface area contributed by atoms with E-state index in [1.165, 1.54) is 16.9 Å². The second-order valence-corrected chi connectivity index (χ2v) is 6.72. The van der Waals surface area contributed by atoms with Crippen LogP contribution in [-0.4, -0.2) is 43.4 Å². The Labute approximate surface area is 153 Å². The number of hydrogen-bond donors (Lipinski definition) is 2. The zero-order valence-corrected chi connectivity index (χ0v) is 15.3. The average molecular weight is 359 g/mol. The van der Waals surface area contributed by atoms with E-state index in [2.05, 4.69) is 34.7 Å². The largest absolute Gasteiger partial charge is 0.356 e. The molecule has 0 spiro atoms. The van der Waals surface area contributed by atoms with Crippen LogP contribution < -0.4 is 10.6 Å². The van der Waals surface area contributed by atoms with Gasteiger partial charge in [0.05, 0.1) is 0 Å². The first-order valence-corrected chi connectivity index (χ1v) is 9.39. The van der Waals surface area contributed by atoms with Crippen LogP contribution in [0.25, 0.3) is 0 Å². The molecule has 0 saturated carbocycles. The Balaban J connectivity index is 1.51. The fourth-order valence-corrected chi connectivity index (χ4v) is 3.06. The molecular formula is C19H25N3O2S. The molecule has 2 rings (SSSR count). The molecule has 1 heterocycles. The van der Waals surface area contributed by atoms with Crippen molar-refractivity contribution in [3.63, 3.8) is 0 Å². The van der Waals surface area contributed by atoms with E-state index < -0.39 is 0 Å². The number of thiophene rings is 1. The minimum atomic E-state index is -0.128. The van der Waals surface area contributed by atoms with E-state index in [0.29, 0.717) is 25.1 Å². The summed E-state index contributed by atoms with van der Waals surface area (Å²) in [5.74, 6) is -0.159. The summed E-state index contributed by atoms with van der Waals surface area (Å²) in [7, 11) is 2.08. The molecule has 0 aliphatic heterocycles. The summed E-state index contributed by atoms with van der Waals surface area (Å²) in [5.41, 5.74) is 1.93. The van der Waals surface area contributed by atoms with E-state index in [4.69, 9.17) is 0 Å². The van der Waals surface area contributed by atoms with Gasteiger partial charge in [0.2, 0.25) is 5.91 Å². The normalized spacial score (nSPS) is 10.6. The second-order valence-electron chi connectivity index (χ2n) is 5.94. The lowest BCUT2D eigenvalue weighted by molar-refractivity contribution is -0.120. The summed E-state index contributed by atoms with van der Waals surface area (Å²) >= 11 is 1.48. The number of carbonyl (C=O) groups excluding carboxylic acids is 2. The fraction of sp³-hybridized carbons (Fsp3) is 0.368. The van der Waals surface area contributed by atoms with Crippen LogP contribution in [0.2, 0.25) is 0 Å². The summed E-state index contributed by atoms with van der Waals surface area (Å²) < 4.78 is 0. The van der Waals surface area contributed by atoms with Crippen molar-refractivity contribution < 1.29 is 9.59 Å². The molecule has 2 aromatic rings.